The van der Waals surface area contributed by atoms with Crippen molar-refractivity contribution in [2.24, 2.45) is 0 Å². The lowest BCUT2D eigenvalue weighted by Gasteiger charge is -2.18. The van der Waals surface area contributed by atoms with Crippen molar-refractivity contribution in [3.8, 4) is 0 Å². The lowest BCUT2D eigenvalue weighted by molar-refractivity contribution is 0.607. The van der Waals surface area contributed by atoms with E-state index in [4.69, 9.17) is 0 Å². The van der Waals surface area contributed by atoms with Crippen LogP contribution in [0.3, 0.4) is 0 Å². The fourth-order valence-electron chi connectivity index (χ4n) is 1.85. The number of halogens is 1. The Morgan fingerprint density at radius 2 is 2.00 bits per heavy atom. The van der Waals surface area contributed by atoms with E-state index in [2.05, 4.69) is 15.3 Å². The van der Waals surface area contributed by atoms with Gasteiger partial charge in [0.15, 0.2) is 0 Å². The second-order valence-electron chi connectivity index (χ2n) is 4.59. The molecule has 0 amide bonds. The highest BCUT2D eigenvalue weighted by molar-refractivity contribution is 5.36. The minimum Gasteiger partial charge on any atom is -0.354 e. The first kappa shape index (κ1) is 14.4. The van der Waals surface area contributed by atoms with Gasteiger partial charge in [0.05, 0.1) is 18.1 Å². The number of rotatable bonds is 6. The van der Waals surface area contributed by atoms with Gasteiger partial charge >= 0.3 is 0 Å². The molecule has 4 nitrogen and oxygen atoms in total. The van der Waals surface area contributed by atoms with Crippen molar-refractivity contribution >= 4 is 5.82 Å². The Balaban J connectivity index is 2.02. The fraction of sp³-hybridized carbons (Fsp3) is 0.333. The highest BCUT2D eigenvalue weighted by Gasteiger charge is 2.07. The van der Waals surface area contributed by atoms with Gasteiger partial charge < -0.3 is 10.2 Å². The Morgan fingerprint density at radius 3 is 2.65 bits per heavy atom. The summed E-state index contributed by atoms with van der Waals surface area (Å²) in [7, 11) is 1.88. The van der Waals surface area contributed by atoms with Crippen molar-refractivity contribution in [3.63, 3.8) is 0 Å². The monoisotopic (exact) mass is 274 g/mol. The topological polar surface area (TPSA) is 41.1 Å². The van der Waals surface area contributed by atoms with Gasteiger partial charge in [-0.3, -0.25) is 4.98 Å². The normalized spacial score (nSPS) is 10.6. The van der Waals surface area contributed by atoms with Gasteiger partial charge in [0.1, 0.15) is 11.6 Å². The van der Waals surface area contributed by atoms with Crippen molar-refractivity contribution in [3.05, 3.63) is 53.7 Å². The zero-order valence-corrected chi connectivity index (χ0v) is 11.8. The van der Waals surface area contributed by atoms with Crippen LogP contribution in [0.1, 0.15) is 18.2 Å². The lowest BCUT2D eigenvalue weighted by Crippen LogP contribution is -2.19. The SMILES string of the molecule is CCNCc1cnc(N(C)Cc2ccccc2F)cn1. The number of hydrogen-bond donors (Lipinski definition) is 1. The van der Waals surface area contributed by atoms with E-state index >= 15 is 0 Å². The molecular weight excluding hydrogens is 255 g/mol. The average molecular weight is 274 g/mol. The fourth-order valence-corrected chi connectivity index (χ4v) is 1.85. The second-order valence-corrected chi connectivity index (χ2v) is 4.59. The molecule has 0 radical (unpaired) electrons. The summed E-state index contributed by atoms with van der Waals surface area (Å²) in [6.45, 7) is 4.12. The summed E-state index contributed by atoms with van der Waals surface area (Å²) in [6, 6.07) is 6.76. The summed E-state index contributed by atoms with van der Waals surface area (Å²) in [5.41, 5.74) is 1.54. The number of anilines is 1. The minimum absolute atomic E-state index is 0.198. The minimum atomic E-state index is -0.198. The molecule has 0 aliphatic heterocycles. The van der Waals surface area contributed by atoms with Crippen molar-refractivity contribution in [1.82, 2.24) is 15.3 Å². The highest BCUT2D eigenvalue weighted by atomic mass is 19.1. The van der Waals surface area contributed by atoms with Gasteiger partial charge in [-0.05, 0) is 12.6 Å². The number of nitrogens with zero attached hydrogens (tertiary/aromatic N) is 3. The quantitative estimate of drug-likeness (QED) is 0.878. The predicted molar refractivity (Wildman–Crippen MR) is 77.9 cm³/mol. The van der Waals surface area contributed by atoms with E-state index in [-0.39, 0.29) is 5.82 Å². The van der Waals surface area contributed by atoms with E-state index in [1.807, 2.05) is 24.9 Å². The van der Waals surface area contributed by atoms with Crippen LogP contribution >= 0.6 is 0 Å². The third-order valence-electron chi connectivity index (χ3n) is 3.00. The molecule has 1 aromatic carbocycles. The van der Waals surface area contributed by atoms with Crippen LogP contribution in [0.5, 0.6) is 0 Å². The molecule has 0 aliphatic rings. The molecule has 2 aromatic rings. The zero-order chi connectivity index (χ0) is 14.4. The van der Waals surface area contributed by atoms with Crippen LogP contribution in [0.15, 0.2) is 36.7 Å². The zero-order valence-electron chi connectivity index (χ0n) is 11.8. The van der Waals surface area contributed by atoms with Crippen molar-refractivity contribution in [2.45, 2.75) is 20.0 Å². The summed E-state index contributed by atoms with van der Waals surface area (Å²) in [4.78, 5) is 10.6. The summed E-state index contributed by atoms with van der Waals surface area (Å²) >= 11 is 0. The molecule has 1 N–H and O–H groups in total. The van der Waals surface area contributed by atoms with Gasteiger partial charge in [0, 0.05) is 25.7 Å². The molecule has 1 heterocycles. The summed E-state index contributed by atoms with van der Waals surface area (Å²) in [6.07, 6.45) is 3.46. The third kappa shape index (κ3) is 3.74. The maximum absolute atomic E-state index is 13.6. The summed E-state index contributed by atoms with van der Waals surface area (Å²) in [5.74, 6) is 0.532. The predicted octanol–water partition coefficient (Wildman–Crippen LogP) is 2.36. The third-order valence-corrected chi connectivity index (χ3v) is 3.00. The van der Waals surface area contributed by atoms with E-state index in [9.17, 15) is 4.39 Å². The van der Waals surface area contributed by atoms with Gasteiger partial charge in [0.25, 0.3) is 0 Å². The molecule has 0 fully saturated rings. The molecule has 0 spiro atoms. The number of hydrogen-bond acceptors (Lipinski definition) is 4. The van der Waals surface area contributed by atoms with Crippen LogP contribution in [0.4, 0.5) is 10.2 Å². The maximum atomic E-state index is 13.6. The Labute approximate surface area is 118 Å². The van der Waals surface area contributed by atoms with E-state index in [0.29, 0.717) is 18.7 Å². The van der Waals surface area contributed by atoms with Crippen LogP contribution in [0.2, 0.25) is 0 Å². The molecule has 0 saturated heterocycles. The molecule has 0 unspecified atom stereocenters. The van der Waals surface area contributed by atoms with E-state index in [1.54, 1.807) is 24.5 Å². The Kier molecular flexibility index (Phi) is 5.01. The largest absolute Gasteiger partial charge is 0.354 e. The Bertz CT molecular complexity index is 542. The van der Waals surface area contributed by atoms with Gasteiger partial charge in [-0.2, -0.15) is 0 Å². The van der Waals surface area contributed by atoms with Crippen LogP contribution in [0.25, 0.3) is 0 Å². The van der Waals surface area contributed by atoms with Gasteiger partial charge in [-0.15, -0.1) is 0 Å². The Hall–Kier alpha value is -2.01. The van der Waals surface area contributed by atoms with E-state index in [0.717, 1.165) is 18.1 Å². The highest BCUT2D eigenvalue weighted by Crippen LogP contribution is 2.13. The smallest absolute Gasteiger partial charge is 0.147 e. The first-order chi connectivity index (χ1) is 9.70. The molecule has 5 heteroatoms. The summed E-state index contributed by atoms with van der Waals surface area (Å²) in [5, 5.41) is 3.19. The molecule has 0 atom stereocenters. The average Bonchev–Trinajstić information content (AvgIpc) is 2.48. The molecule has 0 aliphatic carbocycles. The van der Waals surface area contributed by atoms with Crippen molar-refractivity contribution in [2.75, 3.05) is 18.5 Å². The second kappa shape index (κ2) is 6.96. The van der Waals surface area contributed by atoms with Gasteiger partial charge in [-0.1, -0.05) is 25.1 Å². The summed E-state index contributed by atoms with van der Waals surface area (Å²) < 4.78 is 13.6. The van der Waals surface area contributed by atoms with Crippen molar-refractivity contribution < 1.29 is 4.39 Å². The van der Waals surface area contributed by atoms with Gasteiger partial charge in [0.2, 0.25) is 0 Å². The number of nitrogens with one attached hydrogen (secondary N) is 1. The standard InChI is InChI=1S/C15H19FN4/c1-3-17-8-13-9-19-15(10-18-13)20(2)11-12-6-4-5-7-14(12)16/h4-7,9-10,17H,3,8,11H2,1-2H3. The molecule has 1 aromatic heterocycles. The van der Waals surface area contributed by atoms with Crippen LogP contribution in [-0.4, -0.2) is 23.6 Å². The van der Waals surface area contributed by atoms with Crippen LogP contribution < -0.4 is 10.2 Å². The maximum Gasteiger partial charge on any atom is 0.147 e. The van der Waals surface area contributed by atoms with E-state index in [1.165, 1.54) is 6.07 Å². The number of aromatic nitrogens is 2. The number of benzene rings is 1. The first-order valence-electron chi connectivity index (χ1n) is 6.67. The molecule has 20 heavy (non-hydrogen) atoms. The molecule has 0 saturated carbocycles. The van der Waals surface area contributed by atoms with Gasteiger partial charge in [-0.25, -0.2) is 9.37 Å². The molecular formula is C15H19FN4. The van der Waals surface area contributed by atoms with Crippen LogP contribution in [0, 0.1) is 5.82 Å². The van der Waals surface area contributed by atoms with Crippen LogP contribution in [-0.2, 0) is 13.1 Å². The van der Waals surface area contributed by atoms with Crippen molar-refractivity contribution in [1.29, 1.82) is 0 Å². The Morgan fingerprint density at radius 1 is 1.20 bits per heavy atom. The first-order valence-corrected chi connectivity index (χ1v) is 6.67. The molecule has 2 rings (SSSR count). The molecule has 106 valence electrons. The molecule has 0 bridgehead atoms. The lowest BCUT2D eigenvalue weighted by atomic mass is 10.2. The van der Waals surface area contributed by atoms with E-state index < -0.39 is 0 Å².